The van der Waals surface area contributed by atoms with Crippen LogP contribution in [0.5, 0.6) is 0 Å². The maximum absolute atomic E-state index is 13.6. The summed E-state index contributed by atoms with van der Waals surface area (Å²) in [7, 11) is -3.75. The Balaban J connectivity index is 1.37. The Labute approximate surface area is 220 Å². The number of hydrogen-bond acceptors (Lipinski definition) is 6. The monoisotopic (exact) mass is 536 g/mol. The first-order valence-electron chi connectivity index (χ1n) is 11.9. The fraction of sp³-hybridized carbons (Fsp3) is 0.222. The molecule has 1 saturated heterocycles. The first-order valence-corrected chi connectivity index (χ1v) is 13.7. The number of nitrogens with one attached hydrogen (secondary N) is 1. The van der Waals surface area contributed by atoms with Crippen LogP contribution in [0.25, 0.3) is 11.3 Å². The molecule has 0 bridgehead atoms. The molecule has 2 aromatic carbocycles. The zero-order chi connectivity index (χ0) is 26.0. The minimum absolute atomic E-state index is 0.166. The van der Waals surface area contributed by atoms with Gasteiger partial charge in [-0.3, -0.25) is 9.78 Å². The molecule has 0 radical (unpaired) electrons. The summed E-state index contributed by atoms with van der Waals surface area (Å²) in [5.41, 5.74) is 2.51. The van der Waals surface area contributed by atoms with Crippen molar-refractivity contribution in [3.63, 3.8) is 0 Å². The van der Waals surface area contributed by atoms with Crippen molar-refractivity contribution < 1.29 is 17.7 Å². The van der Waals surface area contributed by atoms with Gasteiger partial charge >= 0.3 is 0 Å². The van der Waals surface area contributed by atoms with Crippen LogP contribution in [-0.4, -0.2) is 35.3 Å². The summed E-state index contributed by atoms with van der Waals surface area (Å²) in [6.45, 7) is 2.09. The lowest BCUT2D eigenvalue weighted by molar-refractivity contribution is 0.102. The molecular formula is C27H25ClN4O4S. The molecule has 5 rings (SSSR count). The summed E-state index contributed by atoms with van der Waals surface area (Å²) < 4.78 is 33.9. The standard InChI is InChI=1S/C27H25ClN4O4S/c1-18-25(26(31-36-18)22-8-2-3-9-23(22)28)27(33)30-20-11-13-21(14-12-20)37(34,35)32-16-5-4-10-24(32)19-7-6-15-29-17-19/h2-3,6-9,11-15,17,24H,4-5,10,16H2,1H3,(H,30,33)/t24-/m0/s1. The van der Waals surface area contributed by atoms with Gasteiger partial charge in [-0.1, -0.05) is 47.4 Å². The van der Waals surface area contributed by atoms with E-state index in [-0.39, 0.29) is 16.5 Å². The van der Waals surface area contributed by atoms with Crippen molar-refractivity contribution in [1.82, 2.24) is 14.4 Å². The van der Waals surface area contributed by atoms with Crippen LogP contribution in [0.15, 0.2) is 82.5 Å². The van der Waals surface area contributed by atoms with Crippen molar-refractivity contribution in [2.24, 2.45) is 0 Å². The molecule has 8 nitrogen and oxygen atoms in total. The lowest BCUT2D eigenvalue weighted by atomic mass is 9.99. The fourth-order valence-corrected chi connectivity index (χ4v) is 6.52. The molecule has 1 aliphatic heterocycles. The molecule has 1 atom stereocenters. The van der Waals surface area contributed by atoms with Crippen LogP contribution in [0.2, 0.25) is 5.02 Å². The minimum Gasteiger partial charge on any atom is -0.360 e. The average molecular weight is 537 g/mol. The van der Waals surface area contributed by atoms with Gasteiger partial charge in [-0.05, 0) is 61.7 Å². The third kappa shape index (κ3) is 5.02. The Bertz CT molecular complexity index is 1520. The van der Waals surface area contributed by atoms with E-state index < -0.39 is 15.9 Å². The Hall–Kier alpha value is -3.53. The Morgan fingerprint density at radius 2 is 1.86 bits per heavy atom. The largest absolute Gasteiger partial charge is 0.360 e. The van der Waals surface area contributed by atoms with Crippen LogP contribution >= 0.6 is 11.6 Å². The number of carbonyl (C=O) groups excluding carboxylic acids is 1. The Kier molecular flexibility index (Phi) is 7.10. The van der Waals surface area contributed by atoms with Gasteiger partial charge in [0, 0.05) is 30.2 Å². The van der Waals surface area contributed by atoms with E-state index >= 15 is 0 Å². The molecule has 1 fully saturated rings. The normalized spacial score (nSPS) is 16.4. The van der Waals surface area contributed by atoms with Crippen molar-refractivity contribution in [3.8, 4) is 11.3 Å². The van der Waals surface area contributed by atoms with Crippen LogP contribution in [0.1, 0.15) is 47.0 Å². The maximum Gasteiger partial charge on any atom is 0.261 e. The number of pyridine rings is 1. The van der Waals surface area contributed by atoms with Gasteiger partial charge in [-0.15, -0.1) is 0 Å². The van der Waals surface area contributed by atoms with Crippen LogP contribution < -0.4 is 5.32 Å². The molecule has 2 aromatic heterocycles. The SMILES string of the molecule is Cc1onc(-c2ccccc2Cl)c1C(=O)Nc1ccc(S(=O)(=O)N2CCCC[C@H]2c2cccnc2)cc1. The van der Waals surface area contributed by atoms with Gasteiger partial charge in [0.25, 0.3) is 5.91 Å². The second-order valence-corrected chi connectivity index (χ2v) is 11.1. The second kappa shape index (κ2) is 10.5. The Morgan fingerprint density at radius 3 is 2.59 bits per heavy atom. The second-order valence-electron chi connectivity index (χ2n) is 8.83. The summed E-state index contributed by atoms with van der Waals surface area (Å²) in [5.74, 6) is -0.0879. The highest BCUT2D eigenvalue weighted by Crippen LogP contribution is 2.36. The third-order valence-electron chi connectivity index (χ3n) is 6.46. The number of hydrogen-bond donors (Lipinski definition) is 1. The van der Waals surface area contributed by atoms with Gasteiger partial charge < -0.3 is 9.84 Å². The maximum atomic E-state index is 13.6. The van der Waals surface area contributed by atoms with Gasteiger partial charge in [-0.2, -0.15) is 4.31 Å². The minimum atomic E-state index is -3.75. The highest BCUT2D eigenvalue weighted by Gasteiger charge is 2.34. The summed E-state index contributed by atoms with van der Waals surface area (Å²) in [4.78, 5) is 17.5. The molecular weight excluding hydrogens is 512 g/mol. The van der Waals surface area contributed by atoms with Crippen molar-refractivity contribution in [2.75, 3.05) is 11.9 Å². The predicted molar refractivity (Wildman–Crippen MR) is 141 cm³/mol. The van der Waals surface area contributed by atoms with Crippen molar-refractivity contribution in [3.05, 3.63) is 95.0 Å². The average Bonchev–Trinajstić information content (AvgIpc) is 3.31. The van der Waals surface area contributed by atoms with Gasteiger partial charge in [0.05, 0.1) is 16.0 Å². The summed E-state index contributed by atoms with van der Waals surface area (Å²) in [6, 6.07) is 16.7. The Morgan fingerprint density at radius 1 is 1.08 bits per heavy atom. The number of sulfonamides is 1. The molecule has 190 valence electrons. The van der Waals surface area contributed by atoms with Crippen molar-refractivity contribution in [2.45, 2.75) is 37.1 Å². The number of aromatic nitrogens is 2. The highest BCUT2D eigenvalue weighted by atomic mass is 35.5. The molecule has 3 heterocycles. The number of aryl methyl sites for hydroxylation is 1. The van der Waals surface area contributed by atoms with E-state index in [0.29, 0.717) is 34.3 Å². The van der Waals surface area contributed by atoms with E-state index in [4.69, 9.17) is 16.1 Å². The number of anilines is 1. The molecule has 0 unspecified atom stereocenters. The molecule has 0 spiro atoms. The lowest BCUT2D eigenvalue weighted by Crippen LogP contribution is -2.38. The predicted octanol–water partition coefficient (Wildman–Crippen LogP) is 5.87. The zero-order valence-corrected chi connectivity index (χ0v) is 21.7. The molecule has 37 heavy (non-hydrogen) atoms. The number of halogens is 1. The lowest BCUT2D eigenvalue weighted by Gasteiger charge is -2.34. The van der Waals surface area contributed by atoms with Gasteiger partial charge in [-0.25, -0.2) is 8.42 Å². The first kappa shape index (κ1) is 25.1. The molecule has 1 N–H and O–H groups in total. The van der Waals surface area contributed by atoms with Crippen LogP contribution in [0.4, 0.5) is 5.69 Å². The van der Waals surface area contributed by atoms with Crippen LogP contribution in [0.3, 0.4) is 0 Å². The van der Waals surface area contributed by atoms with E-state index in [1.54, 1.807) is 60.0 Å². The number of piperidine rings is 1. The molecule has 4 aromatic rings. The van der Waals surface area contributed by atoms with Crippen LogP contribution in [0, 0.1) is 6.92 Å². The van der Waals surface area contributed by atoms with E-state index in [2.05, 4.69) is 15.5 Å². The van der Waals surface area contributed by atoms with E-state index in [9.17, 15) is 13.2 Å². The first-order chi connectivity index (χ1) is 17.9. The third-order valence-corrected chi connectivity index (χ3v) is 8.71. The molecule has 0 aliphatic carbocycles. The van der Waals surface area contributed by atoms with Crippen molar-refractivity contribution in [1.29, 1.82) is 0 Å². The van der Waals surface area contributed by atoms with E-state index in [1.807, 2.05) is 12.1 Å². The van der Waals surface area contributed by atoms with Gasteiger partial charge in [0.2, 0.25) is 10.0 Å². The van der Waals surface area contributed by atoms with Crippen LogP contribution in [-0.2, 0) is 10.0 Å². The van der Waals surface area contributed by atoms with Crippen molar-refractivity contribution >= 4 is 33.2 Å². The molecule has 10 heteroatoms. The number of rotatable bonds is 6. The number of nitrogens with zero attached hydrogens (tertiary/aromatic N) is 3. The summed E-state index contributed by atoms with van der Waals surface area (Å²) >= 11 is 6.30. The molecule has 0 saturated carbocycles. The van der Waals surface area contributed by atoms with E-state index in [0.717, 1.165) is 24.8 Å². The summed E-state index contributed by atoms with van der Waals surface area (Å²) in [6.07, 6.45) is 5.90. The fourth-order valence-electron chi connectivity index (χ4n) is 4.61. The number of benzene rings is 2. The van der Waals surface area contributed by atoms with Gasteiger partial charge in [0.1, 0.15) is 17.0 Å². The van der Waals surface area contributed by atoms with Gasteiger partial charge in [0.15, 0.2) is 0 Å². The molecule has 1 amide bonds. The van der Waals surface area contributed by atoms with E-state index in [1.165, 1.54) is 12.1 Å². The molecule has 1 aliphatic rings. The quantitative estimate of drug-likeness (QED) is 0.330. The zero-order valence-electron chi connectivity index (χ0n) is 20.1. The smallest absolute Gasteiger partial charge is 0.261 e. The highest BCUT2D eigenvalue weighted by molar-refractivity contribution is 7.89. The number of amides is 1. The topological polar surface area (TPSA) is 105 Å². The number of carbonyl (C=O) groups is 1. The summed E-state index contributed by atoms with van der Waals surface area (Å²) in [5, 5.41) is 7.29.